The molecule has 1 saturated heterocycles. The first-order valence-electron chi connectivity index (χ1n) is 8.83. The van der Waals surface area contributed by atoms with Gasteiger partial charge in [0.15, 0.2) is 0 Å². The van der Waals surface area contributed by atoms with E-state index in [-0.39, 0.29) is 18.4 Å². The molecule has 0 spiro atoms. The van der Waals surface area contributed by atoms with Crippen molar-refractivity contribution in [2.45, 2.75) is 32.2 Å². The number of carbonyl (C=O) groups is 1. The Hall–Kier alpha value is -2.14. The standard InChI is InChI=1S/C19H23N3O2/c23-13-14-11-21(12-14)19(24)17-16-9-5-2-6-10-22(16)18(20-17)15-7-3-1-4-8-15/h1,3-4,7-8,14,23H,2,5-6,9-13H2. The number of aliphatic hydroxyl groups excluding tert-OH is 1. The molecular weight excluding hydrogens is 302 g/mol. The largest absolute Gasteiger partial charge is 0.396 e. The van der Waals surface area contributed by atoms with Crippen LogP contribution in [0.2, 0.25) is 0 Å². The first-order chi connectivity index (χ1) is 11.8. The van der Waals surface area contributed by atoms with Crippen molar-refractivity contribution in [1.82, 2.24) is 14.5 Å². The lowest BCUT2D eigenvalue weighted by atomic mass is 10.0. The van der Waals surface area contributed by atoms with Crippen LogP contribution in [0, 0.1) is 5.92 Å². The number of nitrogens with zero attached hydrogens (tertiary/aromatic N) is 3. The Morgan fingerprint density at radius 1 is 1.17 bits per heavy atom. The average molecular weight is 325 g/mol. The van der Waals surface area contributed by atoms with Gasteiger partial charge in [-0.15, -0.1) is 0 Å². The van der Waals surface area contributed by atoms with E-state index in [4.69, 9.17) is 4.98 Å². The van der Waals surface area contributed by atoms with E-state index >= 15 is 0 Å². The van der Waals surface area contributed by atoms with E-state index in [0.717, 1.165) is 42.9 Å². The van der Waals surface area contributed by atoms with Gasteiger partial charge in [0.05, 0.1) is 5.69 Å². The maximum atomic E-state index is 12.9. The van der Waals surface area contributed by atoms with Crippen LogP contribution in [0.15, 0.2) is 30.3 Å². The predicted molar refractivity (Wildman–Crippen MR) is 91.7 cm³/mol. The molecule has 1 aromatic carbocycles. The van der Waals surface area contributed by atoms with E-state index in [1.165, 1.54) is 6.42 Å². The van der Waals surface area contributed by atoms with Gasteiger partial charge in [-0.1, -0.05) is 36.8 Å². The van der Waals surface area contributed by atoms with Crippen molar-refractivity contribution in [3.63, 3.8) is 0 Å². The van der Waals surface area contributed by atoms with Gasteiger partial charge in [0.25, 0.3) is 5.91 Å². The van der Waals surface area contributed by atoms with Gasteiger partial charge in [-0.05, 0) is 19.3 Å². The maximum absolute atomic E-state index is 12.9. The number of imidazole rings is 1. The maximum Gasteiger partial charge on any atom is 0.274 e. The Morgan fingerprint density at radius 2 is 1.96 bits per heavy atom. The molecule has 1 fully saturated rings. The number of hydrogen-bond acceptors (Lipinski definition) is 3. The predicted octanol–water partition coefficient (Wildman–Crippen LogP) is 2.34. The van der Waals surface area contributed by atoms with E-state index < -0.39 is 0 Å². The van der Waals surface area contributed by atoms with Gasteiger partial charge in [0.1, 0.15) is 11.5 Å². The van der Waals surface area contributed by atoms with Crippen molar-refractivity contribution in [1.29, 1.82) is 0 Å². The normalized spacial score (nSPS) is 18.0. The number of hydrogen-bond donors (Lipinski definition) is 1. The molecule has 2 aromatic rings. The molecule has 5 nitrogen and oxygen atoms in total. The summed E-state index contributed by atoms with van der Waals surface area (Å²) in [5.41, 5.74) is 2.77. The number of aromatic nitrogens is 2. The highest BCUT2D eigenvalue weighted by atomic mass is 16.3. The third kappa shape index (κ3) is 2.63. The van der Waals surface area contributed by atoms with Crippen LogP contribution in [0.25, 0.3) is 11.4 Å². The fourth-order valence-corrected chi connectivity index (χ4v) is 3.70. The van der Waals surface area contributed by atoms with Crippen LogP contribution in [-0.4, -0.2) is 45.2 Å². The van der Waals surface area contributed by atoms with Gasteiger partial charge in [-0.3, -0.25) is 4.79 Å². The third-order valence-electron chi connectivity index (χ3n) is 5.10. The lowest BCUT2D eigenvalue weighted by molar-refractivity contribution is 0.0356. The highest BCUT2D eigenvalue weighted by Crippen LogP contribution is 2.29. The molecule has 4 rings (SSSR count). The second kappa shape index (κ2) is 6.40. The van der Waals surface area contributed by atoms with Crippen LogP contribution in [0.5, 0.6) is 0 Å². The first-order valence-corrected chi connectivity index (χ1v) is 8.83. The van der Waals surface area contributed by atoms with Crippen LogP contribution in [0.4, 0.5) is 0 Å². The minimum absolute atomic E-state index is 0.0209. The summed E-state index contributed by atoms with van der Waals surface area (Å²) in [6.07, 6.45) is 4.35. The van der Waals surface area contributed by atoms with Crippen LogP contribution >= 0.6 is 0 Å². The number of rotatable bonds is 3. The molecule has 0 radical (unpaired) electrons. The molecule has 1 amide bonds. The second-order valence-electron chi connectivity index (χ2n) is 6.82. The van der Waals surface area contributed by atoms with Gasteiger partial charge in [-0.25, -0.2) is 4.98 Å². The van der Waals surface area contributed by atoms with Gasteiger partial charge >= 0.3 is 0 Å². The minimum Gasteiger partial charge on any atom is -0.396 e. The van der Waals surface area contributed by atoms with Crippen LogP contribution in [0.1, 0.15) is 35.4 Å². The summed E-state index contributed by atoms with van der Waals surface area (Å²) in [7, 11) is 0. The molecule has 0 unspecified atom stereocenters. The van der Waals surface area contributed by atoms with Crippen molar-refractivity contribution in [3.8, 4) is 11.4 Å². The van der Waals surface area contributed by atoms with Crippen molar-refractivity contribution in [2.75, 3.05) is 19.7 Å². The summed E-state index contributed by atoms with van der Waals surface area (Å²) < 4.78 is 2.25. The number of aliphatic hydroxyl groups is 1. The van der Waals surface area contributed by atoms with Crippen LogP contribution < -0.4 is 0 Å². The van der Waals surface area contributed by atoms with E-state index in [1.54, 1.807) is 0 Å². The molecule has 0 bridgehead atoms. The number of likely N-dealkylation sites (tertiary alicyclic amines) is 1. The second-order valence-corrected chi connectivity index (χ2v) is 6.82. The number of amides is 1. The lowest BCUT2D eigenvalue weighted by Gasteiger charge is -2.37. The molecule has 3 heterocycles. The number of benzene rings is 1. The lowest BCUT2D eigenvalue weighted by Crippen LogP contribution is -2.51. The Morgan fingerprint density at radius 3 is 2.71 bits per heavy atom. The summed E-state index contributed by atoms with van der Waals surface area (Å²) in [5.74, 6) is 1.16. The fraction of sp³-hybridized carbons (Fsp3) is 0.474. The van der Waals surface area contributed by atoms with E-state index in [1.807, 2.05) is 23.1 Å². The van der Waals surface area contributed by atoms with Gasteiger partial charge in [-0.2, -0.15) is 0 Å². The molecule has 2 aliphatic heterocycles. The molecule has 24 heavy (non-hydrogen) atoms. The van der Waals surface area contributed by atoms with Gasteiger partial charge in [0, 0.05) is 37.7 Å². The summed E-state index contributed by atoms with van der Waals surface area (Å²) >= 11 is 0. The van der Waals surface area contributed by atoms with Crippen molar-refractivity contribution < 1.29 is 9.90 Å². The Bertz CT molecular complexity index is 733. The minimum atomic E-state index is 0.0209. The Balaban J connectivity index is 1.72. The molecule has 0 saturated carbocycles. The SMILES string of the molecule is O=C(c1nc(-c2ccccc2)n2c1CCCCC2)N1CC(CO)C1. The Labute approximate surface area is 141 Å². The van der Waals surface area contributed by atoms with E-state index in [0.29, 0.717) is 18.8 Å². The van der Waals surface area contributed by atoms with Crippen LogP contribution in [0.3, 0.4) is 0 Å². The Kier molecular flexibility index (Phi) is 4.10. The summed E-state index contributed by atoms with van der Waals surface area (Å²) in [6, 6.07) is 10.1. The summed E-state index contributed by atoms with van der Waals surface area (Å²) in [5, 5.41) is 9.18. The van der Waals surface area contributed by atoms with Crippen molar-refractivity contribution in [3.05, 3.63) is 41.7 Å². The zero-order valence-corrected chi connectivity index (χ0v) is 13.8. The van der Waals surface area contributed by atoms with Crippen molar-refractivity contribution in [2.24, 2.45) is 5.92 Å². The fourth-order valence-electron chi connectivity index (χ4n) is 3.70. The summed E-state index contributed by atoms with van der Waals surface area (Å²) in [4.78, 5) is 19.5. The van der Waals surface area contributed by atoms with Gasteiger partial charge in [0.2, 0.25) is 0 Å². The molecule has 126 valence electrons. The highest BCUT2D eigenvalue weighted by molar-refractivity contribution is 5.95. The molecule has 2 aliphatic rings. The summed E-state index contributed by atoms with van der Waals surface area (Å²) in [6.45, 7) is 2.37. The average Bonchev–Trinajstić information content (AvgIpc) is 2.76. The highest BCUT2D eigenvalue weighted by Gasteiger charge is 2.34. The molecular formula is C19H23N3O2. The monoisotopic (exact) mass is 325 g/mol. The number of carbonyl (C=O) groups excluding carboxylic acids is 1. The quantitative estimate of drug-likeness (QED) is 0.942. The zero-order chi connectivity index (χ0) is 16.5. The molecule has 0 atom stereocenters. The molecule has 5 heteroatoms. The number of fused-ring (bicyclic) bond motifs is 1. The topological polar surface area (TPSA) is 58.4 Å². The van der Waals surface area contributed by atoms with E-state index in [9.17, 15) is 9.90 Å². The van der Waals surface area contributed by atoms with Crippen LogP contribution in [-0.2, 0) is 13.0 Å². The zero-order valence-electron chi connectivity index (χ0n) is 13.8. The third-order valence-corrected chi connectivity index (χ3v) is 5.10. The molecule has 1 N–H and O–H groups in total. The molecule has 0 aliphatic carbocycles. The van der Waals surface area contributed by atoms with Gasteiger partial charge < -0.3 is 14.6 Å². The smallest absolute Gasteiger partial charge is 0.274 e. The molecule has 1 aromatic heterocycles. The van der Waals surface area contributed by atoms with E-state index in [2.05, 4.69) is 16.7 Å². The first kappa shape index (κ1) is 15.4. The van der Waals surface area contributed by atoms with Crippen molar-refractivity contribution >= 4 is 5.91 Å².